The lowest BCUT2D eigenvalue weighted by atomic mass is 10.2. The largest absolute Gasteiger partial charge is 0.395 e. The molecule has 3 rings (SSSR count). The van der Waals surface area contributed by atoms with Gasteiger partial charge in [-0.05, 0) is 47.1 Å². The van der Waals surface area contributed by atoms with Crippen LogP contribution in [0.25, 0.3) is 0 Å². The standard InChI is InChI=1S/C20H19ClN4O2S2/c1-28-14-8-6-12(7-9-14)10-23-20(27)18-16(22)17(25-29-18)19(26)24-11-13-4-2-3-5-15(13)21/h2-9H,10-11,22H2,1H3,(H,23,27)(H,24,26). The van der Waals surface area contributed by atoms with E-state index < -0.39 is 5.91 Å². The number of halogens is 1. The van der Waals surface area contributed by atoms with Gasteiger partial charge in [-0.2, -0.15) is 4.37 Å². The molecule has 29 heavy (non-hydrogen) atoms. The number of hydrogen-bond acceptors (Lipinski definition) is 6. The first-order valence-corrected chi connectivity index (χ1v) is 11.0. The van der Waals surface area contributed by atoms with Crippen molar-refractivity contribution in [1.29, 1.82) is 0 Å². The maximum Gasteiger partial charge on any atom is 0.273 e. The Morgan fingerprint density at radius 2 is 1.76 bits per heavy atom. The second-order valence-corrected chi connectivity index (χ2v) is 8.14. The van der Waals surface area contributed by atoms with Gasteiger partial charge in [-0.3, -0.25) is 9.59 Å². The molecule has 6 nitrogen and oxygen atoms in total. The molecule has 1 aromatic heterocycles. The molecule has 0 radical (unpaired) electrons. The molecule has 9 heteroatoms. The van der Waals surface area contributed by atoms with Gasteiger partial charge in [0, 0.05) is 23.0 Å². The molecule has 0 saturated heterocycles. The molecule has 0 aliphatic rings. The molecule has 0 aliphatic carbocycles. The van der Waals surface area contributed by atoms with Crippen molar-refractivity contribution in [3.05, 3.63) is 75.3 Å². The van der Waals surface area contributed by atoms with E-state index in [4.69, 9.17) is 17.3 Å². The maximum absolute atomic E-state index is 12.4. The summed E-state index contributed by atoms with van der Waals surface area (Å²) in [5.41, 5.74) is 7.87. The number of carbonyl (C=O) groups excluding carboxylic acids is 2. The Morgan fingerprint density at radius 1 is 1.07 bits per heavy atom. The van der Waals surface area contributed by atoms with Crippen molar-refractivity contribution in [3.8, 4) is 0 Å². The van der Waals surface area contributed by atoms with E-state index in [0.717, 1.165) is 27.6 Å². The van der Waals surface area contributed by atoms with Crippen LogP contribution in [0.3, 0.4) is 0 Å². The smallest absolute Gasteiger partial charge is 0.273 e. The molecule has 4 N–H and O–H groups in total. The lowest BCUT2D eigenvalue weighted by Crippen LogP contribution is -2.25. The number of hydrogen-bond donors (Lipinski definition) is 3. The summed E-state index contributed by atoms with van der Waals surface area (Å²) in [7, 11) is 0. The van der Waals surface area contributed by atoms with Crippen LogP contribution in [-0.2, 0) is 13.1 Å². The van der Waals surface area contributed by atoms with Crippen molar-refractivity contribution in [2.75, 3.05) is 12.0 Å². The Hall–Kier alpha value is -2.55. The molecule has 0 unspecified atom stereocenters. The Balaban J connectivity index is 1.60. The zero-order valence-electron chi connectivity index (χ0n) is 15.6. The van der Waals surface area contributed by atoms with Crippen molar-refractivity contribution >= 4 is 52.4 Å². The second kappa shape index (κ2) is 9.78. The minimum Gasteiger partial charge on any atom is -0.395 e. The van der Waals surface area contributed by atoms with Crippen LogP contribution in [0.1, 0.15) is 31.3 Å². The quantitative estimate of drug-likeness (QED) is 0.477. The average molecular weight is 447 g/mol. The van der Waals surface area contributed by atoms with Gasteiger partial charge in [0.15, 0.2) is 5.69 Å². The number of rotatable bonds is 7. The molecule has 0 atom stereocenters. The monoisotopic (exact) mass is 446 g/mol. The normalized spacial score (nSPS) is 10.6. The Kier molecular flexibility index (Phi) is 7.13. The van der Waals surface area contributed by atoms with E-state index in [9.17, 15) is 9.59 Å². The highest BCUT2D eigenvalue weighted by atomic mass is 35.5. The Bertz CT molecular complexity index is 1020. The number of benzene rings is 2. The van der Waals surface area contributed by atoms with E-state index in [1.807, 2.05) is 48.7 Å². The number of nitrogens with two attached hydrogens (primary N) is 1. The molecule has 0 bridgehead atoms. The maximum atomic E-state index is 12.4. The Morgan fingerprint density at radius 3 is 2.45 bits per heavy atom. The summed E-state index contributed by atoms with van der Waals surface area (Å²) in [6, 6.07) is 15.1. The first-order valence-electron chi connectivity index (χ1n) is 8.67. The molecule has 0 fully saturated rings. The molecular formula is C20H19ClN4O2S2. The van der Waals surface area contributed by atoms with Crippen LogP contribution in [-0.4, -0.2) is 22.4 Å². The fourth-order valence-electron chi connectivity index (χ4n) is 2.53. The number of nitrogens with one attached hydrogen (secondary N) is 2. The van der Waals surface area contributed by atoms with Crippen LogP contribution >= 0.6 is 34.9 Å². The van der Waals surface area contributed by atoms with Crippen LogP contribution in [0.4, 0.5) is 5.69 Å². The predicted molar refractivity (Wildman–Crippen MR) is 119 cm³/mol. The van der Waals surface area contributed by atoms with Gasteiger partial charge in [0.05, 0.1) is 5.69 Å². The van der Waals surface area contributed by atoms with Crippen LogP contribution < -0.4 is 16.4 Å². The number of carbonyl (C=O) groups is 2. The summed E-state index contributed by atoms with van der Waals surface area (Å²) in [4.78, 5) is 26.2. The molecule has 0 saturated carbocycles. The van der Waals surface area contributed by atoms with Gasteiger partial charge in [-0.15, -0.1) is 11.8 Å². The Labute approximate surface area is 182 Å². The minimum absolute atomic E-state index is 0.0385. The molecule has 0 aliphatic heterocycles. The van der Waals surface area contributed by atoms with E-state index in [0.29, 0.717) is 11.6 Å². The summed E-state index contributed by atoms with van der Waals surface area (Å²) in [6.07, 6.45) is 2.01. The van der Waals surface area contributed by atoms with E-state index in [1.54, 1.807) is 17.8 Å². The van der Waals surface area contributed by atoms with Gasteiger partial charge in [-0.25, -0.2) is 0 Å². The molecule has 0 spiro atoms. The number of nitrogens with zero attached hydrogens (tertiary/aromatic N) is 1. The molecule has 2 aromatic carbocycles. The predicted octanol–water partition coefficient (Wildman–Crippen LogP) is 3.96. The minimum atomic E-state index is -0.453. The highest BCUT2D eigenvalue weighted by Gasteiger charge is 2.22. The van der Waals surface area contributed by atoms with Gasteiger partial charge >= 0.3 is 0 Å². The molecule has 1 heterocycles. The van der Waals surface area contributed by atoms with Crippen molar-refractivity contribution in [2.24, 2.45) is 0 Å². The fourth-order valence-corrected chi connectivity index (χ4v) is 3.86. The van der Waals surface area contributed by atoms with Gasteiger partial charge < -0.3 is 16.4 Å². The van der Waals surface area contributed by atoms with Crippen LogP contribution in [0.5, 0.6) is 0 Å². The molecule has 150 valence electrons. The zero-order chi connectivity index (χ0) is 20.8. The zero-order valence-corrected chi connectivity index (χ0v) is 18.0. The summed E-state index contributed by atoms with van der Waals surface area (Å²) in [6.45, 7) is 0.599. The number of amides is 2. The highest BCUT2D eigenvalue weighted by molar-refractivity contribution is 7.98. The average Bonchev–Trinajstić information content (AvgIpc) is 3.13. The number of thioether (sulfide) groups is 1. The van der Waals surface area contributed by atoms with Gasteiger partial charge in [0.1, 0.15) is 4.88 Å². The van der Waals surface area contributed by atoms with Gasteiger partial charge in [0.25, 0.3) is 11.8 Å². The third kappa shape index (κ3) is 5.29. The van der Waals surface area contributed by atoms with E-state index in [-0.39, 0.29) is 28.7 Å². The van der Waals surface area contributed by atoms with Crippen LogP contribution in [0, 0.1) is 0 Å². The summed E-state index contributed by atoms with van der Waals surface area (Å²) in [5.74, 6) is -0.815. The fraction of sp³-hybridized carbons (Fsp3) is 0.150. The van der Waals surface area contributed by atoms with Crippen molar-refractivity contribution in [1.82, 2.24) is 15.0 Å². The number of nitrogen functional groups attached to an aromatic ring is 1. The van der Waals surface area contributed by atoms with E-state index >= 15 is 0 Å². The van der Waals surface area contributed by atoms with Gasteiger partial charge in [-0.1, -0.05) is 41.9 Å². The topological polar surface area (TPSA) is 97.1 Å². The summed E-state index contributed by atoms with van der Waals surface area (Å²) < 4.78 is 4.06. The van der Waals surface area contributed by atoms with Crippen molar-refractivity contribution < 1.29 is 9.59 Å². The third-order valence-electron chi connectivity index (χ3n) is 4.16. The molecule has 2 amide bonds. The first kappa shape index (κ1) is 21.2. The van der Waals surface area contributed by atoms with E-state index in [1.165, 1.54) is 0 Å². The number of anilines is 1. The van der Waals surface area contributed by atoms with E-state index in [2.05, 4.69) is 15.0 Å². The lowest BCUT2D eigenvalue weighted by molar-refractivity contribution is 0.0946. The second-order valence-electron chi connectivity index (χ2n) is 6.08. The van der Waals surface area contributed by atoms with Crippen molar-refractivity contribution in [2.45, 2.75) is 18.0 Å². The lowest BCUT2D eigenvalue weighted by Gasteiger charge is -2.07. The van der Waals surface area contributed by atoms with Crippen molar-refractivity contribution in [3.63, 3.8) is 0 Å². The summed E-state index contributed by atoms with van der Waals surface area (Å²) >= 11 is 8.64. The number of aromatic nitrogens is 1. The highest BCUT2D eigenvalue weighted by Crippen LogP contribution is 2.22. The van der Waals surface area contributed by atoms with Crippen LogP contribution in [0.15, 0.2) is 53.4 Å². The molecular weight excluding hydrogens is 428 g/mol. The molecule has 3 aromatic rings. The van der Waals surface area contributed by atoms with Crippen LogP contribution in [0.2, 0.25) is 5.02 Å². The first-order chi connectivity index (χ1) is 14.0. The SMILES string of the molecule is CSc1ccc(CNC(=O)c2snc(C(=O)NCc3ccccc3Cl)c2N)cc1. The summed E-state index contributed by atoms with van der Waals surface area (Å²) in [5, 5.41) is 6.09. The van der Waals surface area contributed by atoms with Gasteiger partial charge in [0.2, 0.25) is 0 Å². The third-order valence-corrected chi connectivity index (χ3v) is 6.13.